The molecule has 0 aliphatic heterocycles. The van der Waals surface area contributed by atoms with Crippen LogP contribution in [0.1, 0.15) is 0 Å². The number of fused-ring (bicyclic) bond motifs is 3. The van der Waals surface area contributed by atoms with Crippen LogP contribution in [0.4, 0.5) is 0 Å². The van der Waals surface area contributed by atoms with Gasteiger partial charge in [0, 0.05) is 34.6 Å². The minimum absolute atomic E-state index is 0.625. The number of hydrogen-bond donors (Lipinski definition) is 0. The lowest BCUT2D eigenvalue weighted by Gasteiger charge is -2.17. The highest BCUT2D eigenvalue weighted by Crippen LogP contribution is 2.42. The third kappa shape index (κ3) is 5.49. The Balaban J connectivity index is 1.31. The lowest BCUT2D eigenvalue weighted by Crippen LogP contribution is -2.00. The molecule has 2 aromatic heterocycles. The van der Waals surface area contributed by atoms with Crippen LogP contribution < -0.4 is 0 Å². The van der Waals surface area contributed by atoms with Gasteiger partial charge in [0.25, 0.3) is 0 Å². The average molecular weight is 639 g/mol. The zero-order valence-electron chi connectivity index (χ0n) is 27.1. The van der Waals surface area contributed by atoms with Gasteiger partial charge in [-0.25, -0.2) is 15.0 Å². The van der Waals surface area contributed by atoms with Gasteiger partial charge in [0.15, 0.2) is 17.5 Å². The largest absolute Gasteiger partial charge is 0.264 e. The van der Waals surface area contributed by atoms with Crippen LogP contribution >= 0.6 is 0 Å². The van der Waals surface area contributed by atoms with Crippen molar-refractivity contribution in [3.05, 3.63) is 182 Å². The fraction of sp³-hybridized carbons (Fsp3) is 0. The summed E-state index contributed by atoms with van der Waals surface area (Å²) in [5.74, 6) is 1.90. The van der Waals surface area contributed by atoms with Crippen LogP contribution in [0.5, 0.6) is 0 Å². The number of pyridine rings is 1. The van der Waals surface area contributed by atoms with Gasteiger partial charge in [0.1, 0.15) is 0 Å². The summed E-state index contributed by atoms with van der Waals surface area (Å²) in [4.78, 5) is 19.5. The van der Waals surface area contributed by atoms with Gasteiger partial charge in [-0.1, -0.05) is 146 Å². The first-order valence-corrected chi connectivity index (χ1v) is 16.7. The van der Waals surface area contributed by atoms with Crippen molar-refractivity contribution in [1.82, 2.24) is 19.9 Å². The summed E-state index contributed by atoms with van der Waals surface area (Å²) in [5.41, 5.74) is 9.51. The number of nitrogens with zero attached hydrogens (tertiary/aromatic N) is 4. The van der Waals surface area contributed by atoms with Crippen molar-refractivity contribution in [2.75, 3.05) is 0 Å². The molecule has 0 spiro atoms. The second-order valence-electron chi connectivity index (χ2n) is 12.3. The molecule has 0 bridgehead atoms. The van der Waals surface area contributed by atoms with E-state index in [9.17, 15) is 0 Å². The Kier molecular flexibility index (Phi) is 7.45. The van der Waals surface area contributed by atoms with Gasteiger partial charge in [-0.15, -0.1) is 0 Å². The van der Waals surface area contributed by atoms with Crippen molar-refractivity contribution in [3.63, 3.8) is 0 Å². The lowest BCUT2D eigenvalue weighted by atomic mass is 9.87. The van der Waals surface area contributed by atoms with E-state index in [1.807, 2.05) is 79.1 Å². The average Bonchev–Trinajstić information content (AvgIpc) is 3.21. The molecule has 9 rings (SSSR count). The summed E-state index contributed by atoms with van der Waals surface area (Å²) in [7, 11) is 0. The van der Waals surface area contributed by atoms with Gasteiger partial charge in [-0.2, -0.15) is 0 Å². The van der Waals surface area contributed by atoms with Crippen LogP contribution in [0.25, 0.3) is 89.1 Å². The predicted octanol–water partition coefficient (Wildman–Crippen LogP) is 11.6. The molecule has 234 valence electrons. The quantitative estimate of drug-likeness (QED) is 0.170. The molecule has 0 radical (unpaired) electrons. The zero-order valence-corrected chi connectivity index (χ0v) is 27.1. The number of aromatic nitrogens is 4. The van der Waals surface area contributed by atoms with E-state index in [4.69, 9.17) is 15.0 Å². The molecular formula is C46H30N4. The Morgan fingerprint density at radius 1 is 0.300 bits per heavy atom. The van der Waals surface area contributed by atoms with E-state index in [1.54, 1.807) is 0 Å². The van der Waals surface area contributed by atoms with Crippen LogP contribution in [0.2, 0.25) is 0 Å². The van der Waals surface area contributed by atoms with E-state index in [0.29, 0.717) is 17.5 Å². The maximum Gasteiger partial charge on any atom is 0.164 e. The highest BCUT2D eigenvalue weighted by Gasteiger charge is 2.18. The molecule has 0 amide bonds. The summed E-state index contributed by atoms with van der Waals surface area (Å²) < 4.78 is 0. The molecule has 0 N–H and O–H groups in total. The van der Waals surface area contributed by atoms with Crippen LogP contribution in [-0.4, -0.2) is 19.9 Å². The molecule has 50 heavy (non-hydrogen) atoms. The molecule has 0 aliphatic rings. The van der Waals surface area contributed by atoms with E-state index in [1.165, 1.54) is 21.5 Å². The van der Waals surface area contributed by atoms with E-state index in [0.717, 1.165) is 50.1 Å². The molecule has 0 saturated heterocycles. The fourth-order valence-corrected chi connectivity index (χ4v) is 6.77. The van der Waals surface area contributed by atoms with Crippen molar-refractivity contribution >= 4 is 21.5 Å². The van der Waals surface area contributed by atoms with Crippen LogP contribution in [-0.2, 0) is 0 Å². The fourth-order valence-electron chi connectivity index (χ4n) is 6.77. The van der Waals surface area contributed by atoms with Crippen LogP contribution in [0.3, 0.4) is 0 Å². The van der Waals surface area contributed by atoms with Gasteiger partial charge < -0.3 is 0 Å². The summed E-state index contributed by atoms with van der Waals surface area (Å²) in [6, 6.07) is 59.2. The van der Waals surface area contributed by atoms with Crippen molar-refractivity contribution in [2.24, 2.45) is 0 Å². The summed E-state index contributed by atoms with van der Waals surface area (Å²) in [6.45, 7) is 0. The molecule has 0 aliphatic carbocycles. The van der Waals surface area contributed by atoms with Gasteiger partial charge in [0.05, 0.1) is 0 Å². The normalized spacial score (nSPS) is 11.2. The third-order valence-electron chi connectivity index (χ3n) is 9.20. The Bertz CT molecular complexity index is 2580. The third-order valence-corrected chi connectivity index (χ3v) is 9.20. The predicted molar refractivity (Wildman–Crippen MR) is 205 cm³/mol. The van der Waals surface area contributed by atoms with Gasteiger partial charge in [-0.3, -0.25) is 4.98 Å². The molecule has 7 aromatic carbocycles. The van der Waals surface area contributed by atoms with E-state index in [2.05, 4.69) is 108 Å². The van der Waals surface area contributed by atoms with Crippen molar-refractivity contribution < 1.29 is 0 Å². The van der Waals surface area contributed by atoms with Crippen molar-refractivity contribution in [2.45, 2.75) is 0 Å². The first-order valence-electron chi connectivity index (χ1n) is 16.7. The molecular weight excluding hydrogens is 609 g/mol. The second-order valence-corrected chi connectivity index (χ2v) is 12.3. The Morgan fingerprint density at radius 3 is 1.58 bits per heavy atom. The van der Waals surface area contributed by atoms with Gasteiger partial charge in [-0.05, 0) is 73.6 Å². The first-order chi connectivity index (χ1) is 24.8. The van der Waals surface area contributed by atoms with Crippen molar-refractivity contribution in [1.29, 1.82) is 0 Å². The van der Waals surface area contributed by atoms with Gasteiger partial charge >= 0.3 is 0 Å². The Labute approximate surface area is 290 Å². The maximum absolute atomic E-state index is 5.07. The molecule has 0 fully saturated rings. The van der Waals surface area contributed by atoms with Crippen molar-refractivity contribution in [3.8, 4) is 67.5 Å². The molecule has 0 saturated carbocycles. The summed E-state index contributed by atoms with van der Waals surface area (Å²) in [6.07, 6.45) is 3.72. The van der Waals surface area contributed by atoms with Crippen LogP contribution in [0, 0.1) is 0 Å². The highest BCUT2D eigenvalue weighted by molar-refractivity contribution is 6.15. The van der Waals surface area contributed by atoms with E-state index >= 15 is 0 Å². The number of benzene rings is 7. The van der Waals surface area contributed by atoms with Gasteiger partial charge in [0.2, 0.25) is 0 Å². The van der Waals surface area contributed by atoms with E-state index < -0.39 is 0 Å². The number of hydrogen-bond acceptors (Lipinski definition) is 4. The minimum Gasteiger partial charge on any atom is -0.264 e. The molecule has 0 unspecified atom stereocenters. The smallest absolute Gasteiger partial charge is 0.164 e. The van der Waals surface area contributed by atoms with Crippen LogP contribution in [0.15, 0.2) is 182 Å². The minimum atomic E-state index is 0.625. The second kappa shape index (κ2) is 12.7. The number of rotatable bonds is 6. The molecule has 4 heteroatoms. The Hall–Kier alpha value is -6.78. The maximum atomic E-state index is 5.07. The summed E-state index contributed by atoms with van der Waals surface area (Å²) in [5, 5.41) is 4.85. The topological polar surface area (TPSA) is 51.6 Å². The molecule has 2 heterocycles. The SMILES string of the molecule is c1ccc(-c2nc(-c3ccccc3)nc(-c3ccc(-c4cccc(-c5cccnc5)c4)c(-c4cc5ccccc5c5ccccc45)c3)n2)cc1. The highest BCUT2D eigenvalue weighted by atomic mass is 15.0. The monoisotopic (exact) mass is 638 g/mol. The zero-order chi connectivity index (χ0) is 33.3. The summed E-state index contributed by atoms with van der Waals surface area (Å²) >= 11 is 0. The molecule has 4 nitrogen and oxygen atoms in total. The standard InChI is InChI=1S/C46H30N4/c1-3-13-31(14-4-1)44-48-45(32-15-5-2-6-16-32)50-46(49-44)36-24-25-39(34-19-11-18-33(27-34)37-20-12-26-47-30-37)42(29-36)43-28-35-17-7-8-21-38(35)40-22-9-10-23-41(40)43/h1-30H. The first kappa shape index (κ1) is 29.4. The molecule has 9 aromatic rings. The Morgan fingerprint density at radius 2 is 0.880 bits per heavy atom. The van der Waals surface area contributed by atoms with E-state index in [-0.39, 0.29) is 0 Å². The molecule has 0 atom stereocenters. The lowest BCUT2D eigenvalue weighted by molar-refractivity contribution is 1.07.